The van der Waals surface area contributed by atoms with E-state index in [2.05, 4.69) is 13.5 Å². The van der Waals surface area contributed by atoms with E-state index in [-0.39, 0.29) is 12.1 Å². The molecule has 0 saturated carbocycles. The second-order valence-electron chi connectivity index (χ2n) is 7.92. The monoisotopic (exact) mass is 378 g/mol. The third-order valence-electron chi connectivity index (χ3n) is 5.48. The van der Waals surface area contributed by atoms with Crippen LogP contribution in [0, 0.1) is 0 Å². The van der Waals surface area contributed by atoms with E-state index in [1.54, 1.807) is 13.2 Å². The summed E-state index contributed by atoms with van der Waals surface area (Å²) in [6.07, 6.45) is 22.8. The summed E-state index contributed by atoms with van der Waals surface area (Å²) in [5.41, 5.74) is 0.618. The molecule has 0 N–H and O–H groups in total. The lowest BCUT2D eigenvalue weighted by atomic mass is 10.0. The van der Waals surface area contributed by atoms with E-state index >= 15 is 0 Å². The van der Waals surface area contributed by atoms with Crippen LogP contribution in [0.25, 0.3) is 0 Å². The van der Waals surface area contributed by atoms with Gasteiger partial charge in [-0.25, -0.2) is 4.79 Å². The first-order valence-electron chi connectivity index (χ1n) is 11.3. The highest BCUT2D eigenvalue weighted by Gasteiger charge is 2.27. The van der Waals surface area contributed by atoms with Gasteiger partial charge in [0.05, 0.1) is 11.7 Å². The molecule has 1 aliphatic rings. The van der Waals surface area contributed by atoms with Crippen LogP contribution in [0.4, 0.5) is 0 Å². The van der Waals surface area contributed by atoms with Crippen molar-refractivity contribution in [3.05, 3.63) is 24.0 Å². The molecule has 0 aromatic rings. The number of cyclic esters (lactones) is 1. The van der Waals surface area contributed by atoms with Gasteiger partial charge >= 0.3 is 5.97 Å². The lowest BCUT2D eigenvalue weighted by Crippen LogP contribution is -2.18. The first kappa shape index (κ1) is 23.9. The Kier molecular flexibility index (Phi) is 14.1. The van der Waals surface area contributed by atoms with E-state index in [1.165, 1.54) is 89.9 Å². The molecule has 0 aromatic carbocycles. The highest BCUT2D eigenvalue weighted by molar-refractivity contribution is 5.93. The summed E-state index contributed by atoms with van der Waals surface area (Å²) in [4.78, 5) is 11.7. The molecule has 1 heterocycles. The lowest BCUT2D eigenvalue weighted by molar-refractivity contribution is -0.134. The van der Waals surface area contributed by atoms with Crippen molar-refractivity contribution in [3.8, 4) is 0 Å². The van der Waals surface area contributed by atoms with E-state index in [9.17, 15) is 4.79 Å². The van der Waals surface area contributed by atoms with Gasteiger partial charge < -0.3 is 9.47 Å². The first-order valence-corrected chi connectivity index (χ1v) is 11.3. The van der Waals surface area contributed by atoms with E-state index in [4.69, 9.17) is 9.47 Å². The van der Waals surface area contributed by atoms with Crippen molar-refractivity contribution in [1.29, 1.82) is 0 Å². The zero-order valence-corrected chi connectivity index (χ0v) is 17.9. The maximum atomic E-state index is 11.7. The Morgan fingerprint density at radius 2 is 1.30 bits per heavy atom. The summed E-state index contributed by atoms with van der Waals surface area (Å²) in [6, 6.07) is 0. The smallest absolute Gasteiger partial charge is 0.342 e. The molecule has 3 nitrogen and oxygen atoms in total. The van der Waals surface area contributed by atoms with Gasteiger partial charge in [0.15, 0.2) is 0 Å². The largest absolute Gasteiger partial charge is 0.424 e. The fourth-order valence-corrected chi connectivity index (χ4v) is 3.77. The zero-order chi connectivity index (χ0) is 19.7. The number of esters is 1. The van der Waals surface area contributed by atoms with Crippen LogP contribution < -0.4 is 0 Å². The van der Waals surface area contributed by atoms with E-state index in [1.807, 2.05) is 0 Å². The highest BCUT2D eigenvalue weighted by Crippen LogP contribution is 2.24. The molecule has 0 amide bonds. The molecule has 0 aliphatic carbocycles. The number of allylic oxidation sites excluding steroid dienone is 1. The Morgan fingerprint density at radius 1 is 0.852 bits per heavy atom. The Hall–Kier alpha value is -1.09. The molecule has 3 heteroatoms. The van der Waals surface area contributed by atoms with Gasteiger partial charge in [0.25, 0.3) is 0 Å². The van der Waals surface area contributed by atoms with Gasteiger partial charge in [-0.05, 0) is 12.5 Å². The highest BCUT2D eigenvalue weighted by atomic mass is 16.5. The Balaban J connectivity index is 1.88. The Bertz CT molecular complexity index is 439. The summed E-state index contributed by atoms with van der Waals surface area (Å²) in [6.45, 7) is 5.95. The van der Waals surface area contributed by atoms with Crippen molar-refractivity contribution < 1.29 is 14.3 Å². The molecule has 156 valence electrons. The number of ether oxygens (including phenoxy) is 2. The minimum atomic E-state index is -0.298. The topological polar surface area (TPSA) is 35.5 Å². The number of rotatable bonds is 18. The summed E-state index contributed by atoms with van der Waals surface area (Å²) < 4.78 is 10.4. The maximum absolute atomic E-state index is 11.7. The van der Waals surface area contributed by atoms with E-state index in [0.29, 0.717) is 11.3 Å². The van der Waals surface area contributed by atoms with E-state index < -0.39 is 0 Å². The quantitative estimate of drug-likeness (QED) is 0.186. The summed E-state index contributed by atoms with van der Waals surface area (Å²) in [5, 5.41) is 0. The normalized spacial score (nSPS) is 15.1. The van der Waals surface area contributed by atoms with Crippen molar-refractivity contribution >= 4 is 5.97 Å². The first-order chi connectivity index (χ1) is 13.2. The molecule has 0 saturated heterocycles. The standard InChI is InChI=1S/C24H42O3/c1-4-5-6-7-8-9-10-11-12-13-14-15-16-17-18-19-23(26-3)22-20-21(2)27-24(22)25/h20,23H,2,4-19H2,1,3H3/t23-/m0/s1. The number of hydrogen-bond acceptors (Lipinski definition) is 3. The molecule has 1 aliphatic heterocycles. The van der Waals surface area contributed by atoms with Gasteiger partial charge in [0.1, 0.15) is 5.76 Å². The molecule has 0 fully saturated rings. The second-order valence-corrected chi connectivity index (χ2v) is 7.92. The predicted octanol–water partition coefficient (Wildman–Crippen LogP) is 7.26. The molecule has 0 spiro atoms. The summed E-state index contributed by atoms with van der Waals surface area (Å²) >= 11 is 0. The molecule has 0 bridgehead atoms. The van der Waals surface area contributed by atoms with Crippen molar-refractivity contribution in [2.45, 2.75) is 116 Å². The van der Waals surface area contributed by atoms with Crippen molar-refractivity contribution in [2.24, 2.45) is 0 Å². The zero-order valence-electron chi connectivity index (χ0n) is 17.9. The molecular formula is C24H42O3. The molecule has 0 radical (unpaired) electrons. The average Bonchev–Trinajstić information content (AvgIpc) is 2.99. The number of unbranched alkanes of at least 4 members (excludes halogenated alkanes) is 14. The van der Waals surface area contributed by atoms with Crippen molar-refractivity contribution in [1.82, 2.24) is 0 Å². The van der Waals surface area contributed by atoms with Crippen LogP contribution in [-0.4, -0.2) is 19.2 Å². The fraction of sp³-hybridized carbons (Fsp3) is 0.792. The van der Waals surface area contributed by atoms with Gasteiger partial charge in [0.2, 0.25) is 0 Å². The molecule has 27 heavy (non-hydrogen) atoms. The Morgan fingerprint density at radius 3 is 1.67 bits per heavy atom. The number of hydrogen-bond donors (Lipinski definition) is 0. The molecular weight excluding hydrogens is 336 g/mol. The van der Waals surface area contributed by atoms with Crippen LogP contribution in [0.15, 0.2) is 24.0 Å². The number of carbonyl (C=O) groups is 1. The summed E-state index contributed by atoms with van der Waals surface area (Å²) in [5.74, 6) is 0.126. The van der Waals surface area contributed by atoms with Crippen LogP contribution in [0.5, 0.6) is 0 Å². The predicted molar refractivity (Wildman–Crippen MR) is 114 cm³/mol. The lowest BCUT2D eigenvalue weighted by Gasteiger charge is -2.14. The number of carbonyl (C=O) groups excluding carboxylic acids is 1. The summed E-state index contributed by atoms with van der Waals surface area (Å²) in [7, 11) is 1.66. The fourth-order valence-electron chi connectivity index (χ4n) is 3.77. The van der Waals surface area contributed by atoms with Crippen LogP contribution in [0.3, 0.4) is 0 Å². The minimum Gasteiger partial charge on any atom is -0.424 e. The number of methoxy groups -OCH3 is 1. The average molecular weight is 379 g/mol. The van der Waals surface area contributed by atoms with Crippen LogP contribution in [-0.2, 0) is 14.3 Å². The van der Waals surface area contributed by atoms with Crippen LogP contribution in [0.2, 0.25) is 0 Å². The van der Waals surface area contributed by atoms with Gasteiger partial charge in [-0.2, -0.15) is 0 Å². The van der Waals surface area contributed by atoms with E-state index in [0.717, 1.165) is 12.8 Å². The van der Waals surface area contributed by atoms with Crippen molar-refractivity contribution in [2.75, 3.05) is 7.11 Å². The Labute approximate surface area is 167 Å². The van der Waals surface area contributed by atoms with Crippen molar-refractivity contribution in [3.63, 3.8) is 0 Å². The molecule has 1 atom stereocenters. The van der Waals surface area contributed by atoms with Gasteiger partial charge in [-0.15, -0.1) is 0 Å². The van der Waals surface area contributed by atoms with Crippen LogP contribution >= 0.6 is 0 Å². The third kappa shape index (κ3) is 11.4. The van der Waals surface area contributed by atoms with Gasteiger partial charge in [-0.1, -0.05) is 110 Å². The maximum Gasteiger partial charge on any atom is 0.342 e. The SMILES string of the molecule is C=C1C=C([C@H](CCCCCCCCCCCCCCCCC)OC)C(=O)O1. The molecule has 0 unspecified atom stereocenters. The molecule has 1 rings (SSSR count). The third-order valence-corrected chi connectivity index (χ3v) is 5.48. The van der Waals surface area contributed by atoms with Crippen LogP contribution in [0.1, 0.15) is 110 Å². The van der Waals surface area contributed by atoms with Gasteiger partial charge in [-0.3, -0.25) is 0 Å². The second kappa shape index (κ2) is 15.9. The van der Waals surface area contributed by atoms with Gasteiger partial charge in [0, 0.05) is 7.11 Å². The molecule has 0 aromatic heterocycles. The minimum absolute atomic E-state index is 0.154.